The van der Waals surface area contributed by atoms with E-state index in [1.54, 1.807) is 13.4 Å². The molecule has 1 N–H and O–H groups in total. The van der Waals surface area contributed by atoms with Gasteiger partial charge in [-0.3, -0.25) is 4.79 Å². The van der Waals surface area contributed by atoms with Gasteiger partial charge in [-0.1, -0.05) is 47.1 Å². The Morgan fingerprint density at radius 1 is 1.15 bits per heavy atom. The average molecular weight is 350 g/mol. The highest BCUT2D eigenvalue weighted by Crippen LogP contribution is 2.24. The number of para-hydroxylation sites is 1. The molecule has 1 heterocycles. The van der Waals surface area contributed by atoms with Crippen LogP contribution in [-0.4, -0.2) is 18.2 Å². The summed E-state index contributed by atoms with van der Waals surface area (Å²) < 4.78 is 10.4. The predicted octanol–water partition coefficient (Wildman–Crippen LogP) is 3.91. The van der Waals surface area contributed by atoms with Crippen LogP contribution in [0.2, 0.25) is 0 Å². The smallest absolute Gasteiger partial charge is 0.220 e. The predicted molar refractivity (Wildman–Crippen MR) is 99.8 cm³/mol. The number of methoxy groups -OCH3 is 1. The Hall–Kier alpha value is -3.08. The molecule has 26 heavy (non-hydrogen) atoms. The molecule has 0 aliphatic rings. The van der Waals surface area contributed by atoms with Crippen molar-refractivity contribution in [2.75, 3.05) is 7.11 Å². The van der Waals surface area contributed by atoms with E-state index in [4.69, 9.17) is 9.26 Å². The van der Waals surface area contributed by atoms with Gasteiger partial charge in [-0.2, -0.15) is 0 Å². The molecule has 0 saturated carbocycles. The molecule has 0 aliphatic heterocycles. The number of hydrogen-bond acceptors (Lipinski definition) is 4. The summed E-state index contributed by atoms with van der Waals surface area (Å²) in [6, 6.07) is 15.7. The highest BCUT2D eigenvalue weighted by molar-refractivity contribution is 5.76. The first kappa shape index (κ1) is 17.7. The molecule has 3 aromatic rings. The number of amides is 1. The van der Waals surface area contributed by atoms with Crippen molar-refractivity contribution in [1.29, 1.82) is 0 Å². The lowest BCUT2D eigenvalue weighted by molar-refractivity contribution is -0.121. The van der Waals surface area contributed by atoms with Gasteiger partial charge in [-0.25, -0.2) is 0 Å². The molecule has 0 aliphatic carbocycles. The van der Waals surface area contributed by atoms with Crippen LogP contribution in [0.3, 0.4) is 0 Å². The number of benzene rings is 2. The molecule has 3 rings (SSSR count). The first-order valence-corrected chi connectivity index (χ1v) is 8.56. The van der Waals surface area contributed by atoms with E-state index >= 15 is 0 Å². The van der Waals surface area contributed by atoms with Crippen LogP contribution < -0.4 is 10.1 Å². The highest BCUT2D eigenvalue weighted by Gasteiger charge is 2.12. The molecule has 0 radical (unpaired) electrons. The Morgan fingerprint density at radius 2 is 2.00 bits per heavy atom. The van der Waals surface area contributed by atoms with E-state index in [9.17, 15) is 4.79 Å². The van der Waals surface area contributed by atoms with E-state index < -0.39 is 0 Å². The maximum Gasteiger partial charge on any atom is 0.220 e. The van der Waals surface area contributed by atoms with Crippen LogP contribution in [0.1, 0.15) is 23.1 Å². The summed E-state index contributed by atoms with van der Waals surface area (Å²) in [5.41, 5.74) is 4.84. The Kier molecular flexibility index (Phi) is 5.69. The van der Waals surface area contributed by atoms with Crippen LogP contribution in [0, 0.1) is 6.92 Å². The Balaban J connectivity index is 1.58. The Bertz CT molecular complexity index is 886. The SMILES string of the molecule is COc1ccccc1CNC(=O)CCc1conc1-c1cccc(C)c1. The number of carbonyl (C=O) groups excluding carboxylic acids is 1. The number of nitrogens with zero attached hydrogens (tertiary/aromatic N) is 1. The minimum Gasteiger partial charge on any atom is -0.496 e. The molecular weight excluding hydrogens is 328 g/mol. The van der Waals surface area contributed by atoms with Gasteiger partial charge in [0.25, 0.3) is 0 Å². The average Bonchev–Trinajstić information content (AvgIpc) is 3.13. The molecule has 1 aromatic heterocycles. The van der Waals surface area contributed by atoms with Gasteiger partial charge in [0.15, 0.2) is 0 Å². The summed E-state index contributed by atoms with van der Waals surface area (Å²) in [4.78, 5) is 12.2. The van der Waals surface area contributed by atoms with Gasteiger partial charge in [-0.05, 0) is 25.5 Å². The zero-order chi connectivity index (χ0) is 18.4. The number of rotatable bonds is 7. The van der Waals surface area contributed by atoms with Gasteiger partial charge in [0.2, 0.25) is 5.91 Å². The molecule has 5 heteroatoms. The van der Waals surface area contributed by atoms with Crippen molar-refractivity contribution in [1.82, 2.24) is 10.5 Å². The van der Waals surface area contributed by atoms with Crippen molar-refractivity contribution < 1.29 is 14.1 Å². The molecule has 0 spiro atoms. The third-order valence-electron chi connectivity index (χ3n) is 4.22. The normalized spacial score (nSPS) is 10.5. The van der Waals surface area contributed by atoms with E-state index in [1.165, 1.54) is 0 Å². The largest absolute Gasteiger partial charge is 0.496 e. The summed E-state index contributed by atoms with van der Waals surface area (Å²) in [6.45, 7) is 2.48. The van der Waals surface area contributed by atoms with E-state index in [-0.39, 0.29) is 5.91 Å². The zero-order valence-corrected chi connectivity index (χ0v) is 15.0. The quantitative estimate of drug-likeness (QED) is 0.702. The first-order valence-electron chi connectivity index (χ1n) is 8.56. The van der Waals surface area contributed by atoms with Crippen LogP contribution in [-0.2, 0) is 17.8 Å². The fraction of sp³-hybridized carbons (Fsp3) is 0.238. The number of ether oxygens (including phenoxy) is 1. The van der Waals surface area contributed by atoms with Crippen molar-refractivity contribution in [2.24, 2.45) is 0 Å². The number of hydrogen-bond donors (Lipinski definition) is 1. The molecule has 134 valence electrons. The number of nitrogens with one attached hydrogen (secondary N) is 1. The van der Waals surface area contributed by atoms with Crippen molar-refractivity contribution in [3.8, 4) is 17.0 Å². The summed E-state index contributed by atoms with van der Waals surface area (Å²) in [7, 11) is 1.62. The van der Waals surface area contributed by atoms with Gasteiger partial charge in [-0.15, -0.1) is 0 Å². The maximum absolute atomic E-state index is 12.2. The zero-order valence-electron chi connectivity index (χ0n) is 15.0. The van der Waals surface area contributed by atoms with E-state index in [0.29, 0.717) is 19.4 Å². The van der Waals surface area contributed by atoms with Crippen LogP contribution in [0.25, 0.3) is 11.3 Å². The minimum absolute atomic E-state index is 0.0210. The van der Waals surface area contributed by atoms with E-state index in [2.05, 4.69) is 16.5 Å². The van der Waals surface area contributed by atoms with Crippen LogP contribution >= 0.6 is 0 Å². The molecule has 5 nitrogen and oxygen atoms in total. The molecule has 0 unspecified atom stereocenters. The van der Waals surface area contributed by atoms with Crippen LogP contribution in [0.15, 0.2) is 59.3 Å². The van der Waals surface area contributed by atoms with Gasteiger partial charge >= 0.3 is 0 Å². The van der Waals surface area contributed by atoms with Crippen molar-refractivity contribution in [2.45, 2.75) is 26.3 Å². The Labute approximate surface area is 153 Å². The molecular formula is C21H22N2O3. The highest BCUT2D eigenvalue weighted by atomic mass is 16.5. The third kappa shape index (κ3) is 4.30. The standard InChI is InChI=1S/C21H22N2O3/c1-15-6-5-8-16(12-15)21-18(14-26-23-21)10-11-20(24)22-13-17-7-3-4-9-19(17)25-2/h3-9,12,14H,10-11,13H2,1-2H3,(H,22,24). The van der Waals surface area contributed by atoms with E-state index in [1.807, 2.05) is 49.4 Å². The fourth-order valence-electron chi connectivity index (χ4n) is 2.84. The Morgan fingerprint density at radius 3 is 2.81 bits per heavy atom. The number of aromatic nitrogens is 1. The number of carbonyl (C=O) groups is 1. The van der Waals surface area contributed by atoms with Crippen molar-refractivity contribution in [3.05, 3.63) is 71.5 Å². The topological polar surface area (TPSA) is 64.4 Å². The molecule has 0 saturated heterocycles. The third-order valence-corrected chi connectivity index (χ3v) is 4.22. The van der Waals surface area contributed by atoms with Crippen LogP contribution in [0.4, 0.5) is 0 Å². The maximum atomic E-state index is 12.2. The first-order chi connectivity index (χ1) is 12.7. The second-order valence-electron chi connectivity index (χ2n) is 6.15. The fourth-order valence-corrected chi connectivity index (χ4v) is 2.84. The van der Waals surface area contributed by atoms with Gasteiger partial charge in [0.1, 0.15) is 17.7 Å². The lowest BCUT2D eigenvalue weighted by Crippen LogP contribution is -2.23. The number of aryl methyl sites for hydroxylation is 2. The summed E-state index contributed by atoms with van der Waals surface area (Å²) in [5, 5.41) is 7.03. The molecule has 0 fully saturated rings. The lowest BCUT2D eigenvalue weighted by atomic mass is 10.0. The molecule has 2 aromatic carbocycles. The summed E-state index contributed by atoms with van der Waals surface area (Å²) in [6.07, 6.45) is 2.56. The van der Waals surface area contributed by atoms with Crippen LogP contribution in [0.5, 0.6) is 5.75 Å². The van der Waals surface area contributed by atoms with E-state index in [0.717, 1.165) is 33.7 Å². The van der Waals surface area contributed by atoms with Gasteiger partial charge < -0.3 is 14.6 Å². The summed E-state index contributed by atoms with van der Waals surface area (Å²) in [5.74, 6) is 0.751. The monoisotopic (exact) mass is 350 g/mol. The minimum atomic E-state index is -0.0210. The second kappa shape index (κ2) is 8.34. The molecule has 0 atom stereocenters. The second-order valence-corrected chi connectivity index (χ2v) is 6.15. The molecule has 1 amide bonds. The van der Waals surface area contributed by atoms with Gasteiger partial charge in [0, 0.05) is 29.7 Å². The summed E-state index contributed by atoms with van der Waals surface area (Å²) >= 11 is 0. The van der Waals surface area contributed by atoms with Gasteiger partial charge in [0.05, 0.1) is 7.11 Å². The lowest BCUT2D eigenvalue weighted by Gasteiger charge is -2.09. The molecule has 0 bridgehead atoms. The van der Waals surface area contributed by atoms with Crippen molar-refractivity contribution in [3.63, 3.8) is 0 Å². The van der Waals surface area contributed by atoms with Crippen molar-refractivity contribution >= 4 is 5.91 Å².